The standard InChI is InChI=1S/C56H36N2/c1-3-11-37(12-4-1)41-19-25-43(26-20-41)53-35-51(47-29-23-39-15-7-9-17-45(39)33-47)49-31-32-50-52(48-30-24-40-16-8-10-18-46(40)34-48)36-54(58-56(50)55(49)57-53)44-27-21-42(22-28-44)38-13-5-2-6-14-38/h1-36H. The lowest BCUT2D eigenvalue weighted by molar-refractivity contribution is 1.36. The summed E-state index contributed by atoms with van der Waals surface area (Å²) >= 11 is 0. The fourth-order valence-corrected chi connectivity index (χ4v) is 8.39. The summed E-state index contributed by atoms with van der Waals surface area (Å²) in [5, 5.41) is 6.99. The number of rotatable bonds is 6. The van der Waals surface area contributed by atoms with Gasteiger partial charge in [0.05, 0.1) is 22.4 Å². The summed E-state index contributed by atoms with van der Waals surface area (Å²) in [7, 11) is 0. The van der Waals surface area contributed by atoms with Gasteiger partial charge in [-0.15, -0.1) is 0 Å². The second kappa shape index (κ2) is 14.1. The maximum Gasteiger partial charge on any atom is 0.0978 e. The maximum absolute atomic E-state index is 5.54. The van der Waals surface area contributed by atoms with Crippen molar-refractivity contribution in [2.75, 3.05) is 0 Å². The summed E-state index contributed by atoms with van der Waals surface area (Å²) in [6.07, 6.45) is 0. The highest BCUT2D eigenvalue weighted by Crippen LogP contribution is 2.41. The van der Waals surface area contributed by atoms with E-state index in [0.717, 1.165) is 66.6 Å². The molecular weight excluding hydrogens is 701 g/mol. The van der Waals surface area contributed by atoms with E-state index < -0.39 is 0 Å². The van der Waals surface area contributed by atoms with Crippen molar-refractivity contribution in [3.63, 3.8) is 0 Å². The van der Waals surface area contributed by atoms with Crippen molar-refractivity contribution in [2.45, 2.75) is 0 Å². The Balaban J connectivity index is 1.17. The number of fused-ring (bicyclic) bond motifs is 5. The van der Waals surface area contributed by atoms with E-state index in [4.69, 9.17) is 9.97 Å². The second-order valence-electron chi connectivity index (χ2n) is 15.0. The van der Waals surface area contributed by atoms with E-state index in [2.05, 4.69) is 218 Å². The Hall–Kier alpha value is -7.68. The Morgan fingerprint density at radius 3 is 0.966 bits per heavy atom. The lowest BCUT2D eigenvalue weighted by Gasteiger charge is -2.16. The third kappa shape index (κ3) is 6.09. The monoisotopic (exact) mass is 736 g/mol. The molecule has 9 aromatic carbocycles. The summed E-state index contributed by atoms with van der Waals surface area (Å²) in [6, 6.07) is 78.3. The van der Waals surface area contributed by atoms with Gasteiger partial charge in [-0.25, -0.2) is 9.97 Å². The molecule has 0 saturated carbocycles. The zero-order valence-electron chi connectivity index (χ0n) is 31.7. The Labute approximate surface area is 337 Å². The summed E-state index contributed by atoms with van der Waals surface area (Å²) < 4.78 is 0. The van der Waals surface area contributed by atoms with Gasteiger partial charge in [-0.2, -0.15) is 0 Å². The number of aromatic nitrogens is 2. The van der Waals surface area contributed by atoms with E-state index in [1.807, 2.05) is 0 Å². The summed E-state index contributed by atoms with van der Waals surface area (Å²) in [6.45, 7) is 0. The molecule has 0 spiro atoms. The fourth-order valence-electron chi connectivity index (χ4n) is 8.39. The highest BCUT2D eigenvalue weighted by Gasteiger charge is 2.18. The van der Waals surface area contributed by atoms with Gasteiger partial charge in [0.2, 0.25) is 0 Å². The van der Waals surface area contributed by atoms with Gasteiger partial charge in [-0.05, 0) is 90.3 Å². The molecule has 0 unspecified atom stereocenters. The van der Waals surface area contributed by atoms with Gasteiger partial charge in [0.15, 0.2) is 0 Å². The van der Waals surface area contributed by atoms with E-state index in [1.54, 1.807) is 0 Å². The molecule has 0 bridgehead atoms. The molecule has 0 radical (unpaired) electrons. The summed E-state index contributed by atoms with van der Waals surface area (Å²) in [5.41, 5.74) is 15.0. The van der Waals surface area contributed by atoms with Crippen LogP contribution >= 0.6 is 0 Å². The molecule has 11 rings (SSSR count). The predicted molar refractivity (Wildman–Crippen MR) is 245 cm³/mol. The largest absolute Gasteiger partial charge is 0.245 e. The van der Waals surface area contributed by atoms with Gasteiger partial charge in [0.25, 0.3) is 0 Å². The third-order valence-electron chi connectivity index (χ3n) is 11.5. The van der Waals surface area contributed by atoms with Crippen LogP contribution in [0.1, 0.15) is 0 Å². The third-order valence-corrected chi connectivity index (χ3v) is 11.5. The number of hydrogen-bond acceptors (Lipinski definition) is 2. The van der Waals surface area contributed by atoms with Crippen LogP contribution in [0.15, 0.2) is 218 Å². The van der Waals surface area contributed by atoms with E-state index in [0.29, 0.717) is 0 Å². The second-order valence-corrected chi connectivity index (χ2v) is 15.0. The molecule has 0 fully saturated rings. The summed E-state index contributed by atoms with van der Waals surface area (Å²) in [4.78, 5) is 11.1. The SMILES string of the molecule is c1ccc(-c2ccc(-c3cc(-c4ccc5ccccc5c4)c4ccc5c(-c6ccc7ccccc7c6)cc(-c6ccc(-c7ccccc7)cc6)nc5c4n3)cc2)cc1. The van der Waals surface area contributed by atoms with Crippen molar-refractivity contribution >= 4 is 43.4 Å². The molecule has 11 aromatic rings. The molecule has 0 aliphatic carbocycles. The van der Waals surface area contributed by atoms with Crippen LogP contribution in [0.3, 0.4) is 0 Å². The normalized spacial score (nSPS) is 11.4. The molecule has 0 amide bonds. The number of pyridine rings is 2. The average Bonchev–Trinajstić information content (AvgIpc) is 3.31. The number of nitrogens with zero attached hydrogens (tertiary/aromatic N) is 2. The maximum atomic E-state index is 5.54. The lowest BCUT2D eigenvalue weighted by Crippen LogP contribution is -1.96. The zero-order valence-corrected chi connectivity index (χ0v) is 31.7. The molecule has 58 heavy (non-hydrogen) atoms. The van der Waals surface area contributed by atoms with Crippen LogP contribution in [0.25, 0.3) is 110 Å². The number of hydrogen-bond donors (Lipinski definition) is 0. The quantitative estimate of drug-likeness (QED) is 0.159. The van der Waals surface area contributed by atoms with Crippen LogP contribution in [0.5, 0.6) is 0 Å². The van der Waals surface area contributed by atoms with Gasteiger partial charge in [0, 0.05) is 21.9 Å². The van der Waals surface area contributed by atoms with Crippen molar-refractivity contribution in [2.24, 2.45) is 0 Å². The van der Waals surface area contributed by atoms with Crippen molar-refractivity contribution in [1.29, 1.82) is 0 Å². The molecule has 2 heteroatoms. The highest BCUT2D eigenvalue weighted by molar-refractivity contribution is 6.14. The topological polar surface area (TPSA) is 25.8 Å². The minimum atomic E-state index is 0.884. The van der Waals surface area contributed by atoms with Crippen molar-refractivity contribution in [3.8, 4) is 67.0 Å². The Morgan fingerprint density at radius 1 is 0.224 bits per heavy atom. The number of benzene rings is 9. The van der Waals surface area contributed by atoms with Crippen LogP contribution in [0.2, 0.25) is 0 Å². The van der Waals surface area contributed by atoms with E-state index in [-0.39, 0.29) is 0 Å². The first-order chi connectivity index (χ1) is 28.7. The molecule has 0 saturated heterocycles. The molecule has 2 aromatic heterocycles. The predicted octanol–water partition coefficient (Wildman–Crippen LogP) is 15.1. The minimum Gasteiger partial charge on any atom is -0.245 e. The van der Waals surface area contributed by atoms with Crippen molar-refractivity contribution in [3.05, 3.63) is 218 Å². The molecule has 2 nitrogen and oxygen atoms in total. The van der Waals surface area contributed by atoms with Crippen LogP contribution in [0, 0.1) is 0 Å². The lowest BCUT2D eigenvalue weighted by atomic mass is 9.92. The van der Waals surface area contributed by atoms with Gasteiger partial charge < -0.3 is 0 Å². The first-order valence-corrected chi connectivity index (χ1v) is 19.8. The average molecular weight is 737 g/mol. The van der Waals surface area contributed by atoms with Gasteiger partial charge in [0.1, 0.15) is 0 Å². The van der Waals surface area contributed by atoms with Crippen LogP contribution in [-0.2, 0) is 0 Å². The van der Waals surface area contributed by atoms with Gasteiger partial charge in [-0.1, -0.05) is 194 Å². The molecule has 270 valence electrons. The van der Waals surface area contributed by atoms with Crippen LogP contribution in [0.4, 0.5) is 0 Å². The highest BCUT2D eigenvalue weighted by atomic mass is 14.8. The molecule has 0 aliphatic heterocycles. The molecule has 0 N–H and O–H groups in total. The fraction of sp³-hybridized carbons (Fsp3) is 0. The molecular formula is C56H36N2. The summed E-state index contributed by atoms with van der Waals surface area (Å²) in [5.74, 6) is 0. The van der Waals surface area contributed by atoms with Crippen molar-refractivity contribution in [1.82, 2.24) is 9.97 Å². The Kier molecular flexibility index (Phi) is 8.19. The first kappa shape index (κ1) is 33.6. The van der Waals surface area contributed by atoms with Crippen LogP contribution < -0.4 is 0 Å². The van der Waals surface area contributed by atoms with Gasteiger partial charge in [-0.3, -0.25) is 0 Å². The Morgan fingerprint density at radius 2 is 0.552 bits per heavy atom. The van der Waals surface area contributed by atoms with Crippen molar-refractivity contribution < 1.29 is 0 Å². The smallest absolute Gasteiger partial charge is 0.0978 e. The minimum absolute atomic E-state index is 0.884. The van der Waals surface area contributed by atoms with E-state index >= 15 is 0 Å². The molecule has 0 atom stereocenters. The van der Waals surface area contributed by atoms with E-state index in [1.165, 1.54) is 43.8 Å². The Bertz CT molecular complexity index is 3070. The van der Waals surface area contributed by atoms with Gasteiger partial charge >= 0.3 is 0 Å². The molecule has 2 heterocycles. The molecule has 0 aliphatic rings. The zero-order chi connectivity index (χ0) is 38.4. The van der Waals surface area contributed by atoms with Crippen LogP contribution in [-0.4, -0.2) is 9.97 Å². The first-order valence-electron chi connectivity index (χ1n) is 19.8. The van der Waals surface area contributed by atoms with E-state index in [9.17, 15) is 0 Å².